The van der Waals surface area contributed by atoms with Gasteiger partial charge >= 0.3 is 0 Å². The Morgan fingerprint density at radius 3 is 2.32 bits per heavy atom. The van der Waals surface area contributed by atoms with Gasteiger partial charge in [-0.3, -0.25) is 9.38 Å². The highest BCUT2D eigenvalue weighted by Crippen LogP contribution is 2.31. The van der Waals surface area contributed by atoms with E-state index in [1.165, 1.54) is 5.82 Å². The maximum Gasteiger partial charge on any atom is 0.165 e. The monoisotopic (exact) mass is 380 g/mol. The first-order valence-electron chi connectivity index (χ1n) is 10.3. The Morgan fingerprint density at radius 1 is 1.04 bits per heavy atom. The number of rotatable bonds is 8. The van der Waals surface area contributed by atoms with Crippen molar-refractivity contribution in [1.29, 1.82) is 0 Å². The second-order valence-corrected chi connectivity index (χ2v) is 7.44. The highest BCUT2D eigenvalue weighted by molar-refractivity contribution is 5.78. The molecule has 0 aromatic carbocycles. The van der Waals surface area contributed by atoms with Crippen molar-refractivity contribution in [2.75, 3.05) is 37.0 Å². The number of pyridine rings is 1. The van der Waals surface area contributed by atoms with Gasteiger partial charge < -0.3 is 9.80 Å². The SMILES string of the molecule is CCCN(CCC)c1c(CC)nc2c(-c3cnc(N(C)C)cc3C)nccn12. The molecule has 3 rings (SSSR count). The molecule has 0 aliphatic carbocycles. The van der Waals surface area contributed by atoms with E-state index in [0.29, 0.717) is 0 Å². The third-order valence-corrected chi connectivity index (χ3v) is 5.02. The molecule has 28 heavy (non-hydrogen) atoms. The van der Waals surface area contributed by atoms with Gasteiger partial charge in [0.2, 0.25) is 0 Å². The van der Waals surface area contributed by atoms with Crippen LogP contribution in [0.1, 0.15) is 44.9 Å². The second-order valence-electron chi connectivity index (χ2n) is 7.44. The first kappa shape index (κ1) is 20.1. The molecule has 0 atom stereocenters. The smallest absolute Gasteiger partial charge is 0.165 e. The van der Waals surface area contributed by atoms with Gasteiger partial charge in [0.25, 0.3) is 0 Å². The number of hydrogen-bond acceptors (Lipinski definition) is 5. The molecule has 0 spiro atoms. The maximum atomic E-state index is 5.01. The van der Waals surface area contributed by atoms with Gasteiger partial charge in [-0.05, 0) is 37.8 Å². The molecule has 6 nitrogen and oxygen atoms in total. The van der Waals surface area contributed by atoms with E-state index in [9.17, 15) is 0 Å². The van der Waals surface area contributed by atoms with Crippen LogP contribution in [0.25, 0.3) is 16.9 Å². The van der Waals surface area contributed by atoms with Crippen LogP contribution >= 0.6 is 0 Å². The fourth-order valence-electron chi connectivity index (χ4n) is 3.67. The van der Waals surface area contributed by atoms with Gasteiger partial charge in [0.1, 0.15) is 17.3 Å². The second kappa shape index (κ2) is 8.59. The van der Waals surface area contributed by atoms with Gasteiger partial charge in [-0.2, -0.15) is 0 Å². The van der Waals surface area contributed by atoms with Gasteiger partial charge in [0.15, 0.2) is 5.65 Å². The third-order valence-electron chi connectivity index (χ3n) is 5.02. The standard InChI is InChI=1S/C22H32N6/c1-7-11-27(12-8-2)22-18(9-3)25-21-20(23-10-13-28(21)22)17-15-24-19(26(5)6)14-16(17)4/h10,13-15H,7-9,11-12H2,1-6H3. The van der Waals surface area contributed by atoms with Crippen LogP contribution in [0.2, 0.25) is 0 Å². The Morgan fingerprint density at radius 2 is 1.75 bits per heavy atom. The molecule has 0 aliphatic heterocycles. The maximum absolute atomic E-state index is 5.01. The van der Waals surface area contributed by atoms with Gasteiger partial charge in [-0.15, -0.1) is 0 Å². The molecule has 150 valence electrons. The van der Waals surface area contributed by atoms with Crippen molar-refractivity contribution in [1.82, 2.24) is 19.4 Å². The zero-order valence-corrected chi connectivity index (χ0v) is 18.0. The lowest BCUT2D eigenvalue weighted by Crippen LogP contribution is -2.27. The molecule has 0 bridgehead atoms. The van der Waals surface area contributed by atoms with Crippen molar-refractivity contribution >= 4 is 17.3 Å². The summed E-state index contributed by atoms with van der Waals surface area (Å²) in [5.74, 6) is 2.16. The van der Waals surface area contributed by atoms with Gasteiger partial charge in [-0.25, -0.2) is 9.97 Å². The lowest BCUT2D eigenvalue weighted by atomic mass is 10.1. The van der Waals surface area contributed by atoms with Crippen LogP contribution in [0.15, 0.2) is 24.7 Å². The summed E-state index contributed by atoms with van der Waals surface area (Å²) in [7, 11) is 4.01. The van der Waals surface area contributed by atoms with E-state index in [0.717, 1.165) is 66.3 Å². The summed E-state index contributed by atoms with van der Waals surface area (Å²) in [6.45, 7) is 10.8. The zero-order valence-electron chi connectivity index (χ0n) is 18.0. The van der Waals surface area contributed by atoms with E-state index in [4.69, 9.17) is 9.97 Å². The summed E-state index contributed by atoms with van der Waals surface area (Å²) in [6, 6.07) is 2.10. The first-order chi connectivity index (χ1) is 13.5. The fraction of sp³-hybridized carbons (Fsp3) is 0.500. The summed E-state index contributed by atoms with van der Waals surface area (Å²) in [5.41, 5.74) is 5.13. The van der Waals surface area contributed by atoms with Gasteiger partial charge in [0.05, 0.1) is 5.69 Å². The van der Waals surface area contributed by atoms with E-state index in [-0.39, 0.29) is 0 Å². The lowest BCUT2D eigenvalue weighted by molar-refractivity contribution is 0.725. The molecule has 0 unspecified atom stereocenters. The number of aromatic nitrogens is 4. The highest BCUT2D eigenvalue weighted by Gasteiger charge is 2.20. The molecule has 0 amide bonds. The lowest BCUT2D eigenvalue weighted by Gasteiger charge is -2.24. The third kappa shape index (κ3) is 3.68. The number of imidazole rings is 1. The molecular formula is C22H32N6. The Hall–Kier alpha value is -2.63. The van der Waals surface area contributed by atoms with E-state index in [1.807, 2.05) is 37.6 Å². The summed E-state index contributed by atoms with van der Waals surface area (Å²) in [6.07, 6.45) is 8.96. The Labute approximate surface area is 168 Å². The van der Waals surface area contributed by atoms with Crippen LogP contribution in [-0.4, -0.2) is 46.5 Å². The molecule has 0 fully saturated rings. The average Bonchev–Trinajstić information content (AvgIpc) is 3.06. The van der Waals surface area contributed by atoms with Gasteiger partial charge in [0, 0.05) is 51.3 Å². The van der Waals surface area contributed by atoms with Crippen molar-refractivity contribution in [2.45, 2.75) is 47.0 Å². The number of hydrogen-bond donors (Lipinski definition) is 0. The summed E-state index contributed by atoms with van der Waals surface area (Å²) in [4.78, 5) is 18.8. The first-order valence-corrected chi connectivity index (χ1v) is 10.3. The molecule has 0 radical (unpaired) electrons. The van der Waals surface area contributed by atoms with Crippen LogP contribution in [-0.2, 0) is 6.42 Å². The average molecular weight is 381 g/mol. The Balaban J connectivity index is 2.19. The van der Waals surface area contributed by atoms with Crippen molar-refractivity contribution in [3.05, 3.63) is 35.9 Å². The quantitative estimate of drug-likeness (QED) is 0.581. The number of anilines is 2. The molecule has 0 saturated carbocycles. The van der Waals surface area contributed by atoms with Crippen LogP contribution < -0.4 is 9.80 Å². The molecule has 3 aromatic heterocycles. The minimum absolute atomic E-state index is 0.895. The fourth-order valence-corrected chi connectivity index (χ4v) is 3.67. The van der Waals surface area contributed by atoms with Crippen molar-refractivity contribution < 1.29 is 0 Å². The summed E-state index contributed by atoms with van der Waals surface area (Å²) < 4.78 is 2.21. The Bertz CT molecular complexity index is 938. The van der Waals surface area contributed by atoms with Crippen molar-refractivity contribution in [3.8, 4) is 11.3 Å². The minimum atomic E-state index is 0.895. The molecule has 0 N–H and O–H groups in total. The molecule has 0 saturated heterocycles. The molecule has 3 heterocycles. The normalized spacial score (nSPS) is 11.2. The molecular weight excluding hydrogens is 348 g/mol. The van der Waals surface area contributed by atoms with Crippen LogP contribution in [0, 0.1) is 6.92 Å². The van der Waals surface area contributed by atoms with E-state index >= 15 is 0 Å². The predicted octanol–water partition coefficient (Wildman–Crippen LogP) is 4.35. The van der Waals surface area contributed by atoms with Crippen molar-refractivity contribution in [3.63, 3.8) is 0 Å². The van der Waals surface area contributed by atoms with Crippen LogP contribution in [0.3, 0.4) is 0 Å². The summed E-state index contributed by atoms with van der Waals surface area (Å²) in [5, 5.41) is 0. The largest absolute Gasteiger partial charge is 0.363 e. The van der Waals surface area contributed by atoms with E-state index in [2.05, 4.69) is 48.0 Å². The zero-order chi connectivity index (χ0) is 20.3. The Kier molecular flexibility index (Phi) is 6.17. The van der Waals surface area contributed by atoms with E-state index in [1.54, 1.807) is 0 Å². The topological polar surface area (TPSA) is 49.6 Å². The number of aryl methyl sites for hydroxylation is 2. The van der Waals surface area contributed by atoms with Crippen molar-refractivity contribution in [2.24, 2.45) is 0 Å². The van der Waals surface area contributed by atoms with Crippen LogP contribution in [0.4, 0.5) is 11.6 Å². The highest BCUT2D eigenvalue weighted by atomic mass is 15.3. The van der Waals surface area contributed by atoms with Crippen LogP contribution in [0.5, 0.6) is 0 Å². The van der Waals surface area contributed by atoms with E-state index < -0.39 is 0 Å². The molecule has 0 aliphatic rings. The molecule has 6 heteroatoms. The predicted molar refractivity (Wildman–Crippen MR) is 117 cm³/mol. The number of fused-ring (bicyclic) bond motifs is 1. The minimum Gasteiger partial charge on any atom is -0.363 e. The molecule has 3 aromatic rings. The number of nitrogens with zero attached hydrogens (tertiary/aromatic N) is 6. The summed E-state index contributed by atoms with van der Waals surface area (Å²) >= 11 is 0. The van der Waals surface area contributed by atoms with Gasteiger partial charge in [-0.1, -0.05) is 20.8 Å².